The third-order valence-corrected chi connectivity index (χ3v) is 1.99. The Kier molecular flexibility index (Phi) is 3.25. The summed E-state index contributed by atoms with van der Waals surface area (Å²) in [6.45, 7) is 2.36. The van der Waals surface area contributed by atoms with Crippen molar-refractivity contribution in [3.8, 4) is 0 Å². The molecule has 70 valence electrons. The van der Waals surface area contributed by atoms with Gasteiger partial charge in [0.05, 0.1) is 5.02 Å². The van der Waals surface area contributed by atoms with Crippen LogP contribution in [0.1, 0.15) is 6.92 Å². The number of carbonyl (C=O) groups is 1. The summed E-state index contributed by atoms with van der Waals surface area (Å²) in [7, 11) is 0. The molecule has 0 aliphatic rings. The molecule has 0 saturated heterocycles. The molecule has 2 nitrogen and oxygen atoms in total. The van der Waals surface area contributed by atoms with Crippen LogP contribution < -0.4 is 4.90 Å². The maximum atomic E-state index is 12.7. The van der Waals surface area contributed by atoms with Crippen molar-refractivity contribution in [1.82, 2.24) is 0 Å². The fraction of sp³-hybridized carbons (Fsp3) is 0.222. The number of nitrogens with zero attached hydrogens (tertiary/aromatic N) is 1. The van der Waals surface area contributed by atoms with Crippen LogP contribution in [0.25, 0.3) is 0 Å². The molecule has 0 bridgehead atoms. The molecule has 0 saturated carbocycles. The molecule has 0 aliphatic heterocycles. The molecule has 1 rings (SSSR count). The quantitative estimate of drug-likeness (QED) is 0.688. The van der Waals surface area contributed by atoms with E-state index in [4.69, 9.17) is 11.6 Å². The summed E-state index contributed by atoms with van der Waals surface area (Å²) in [5.74, 6) is -0.479. The lowest BCUT2D eigenvalue weighted by molar-refractivity contribution is -0.107. The van der Waals surface area contributed by atoms with Crippen molar-refractivity contribution in [3.63, 3.8) is 0 Å². The lowest BCUT2D eigenvalue weighted by Gasteiger charge is -2.14. The van der Waals surface area contributed by atoms with E-state index in [0.717, 1.165) is 0 Å². The molecule has 0 aliphatic carbocycles. The van der Waals surface area contributed by atoms with Crippen LogP contribution in [0.3, 0.4) is 0 Å². The Morgan fingerprint density at radius 2 is 2.31 bits per heavy atom. The minimum Gasteiger partial charge on any atom is -0.315 e. The van der Waals surface area contributed by atoms with Gasteiger partial charge in [0.1, 0.15) is 5.82 Å². The average Bonchev–Trinajstić information content (AvgIpc) is 2.13. The minimum absolute atomic E-state index is 0.0257. The van der Waals surface area contributed by atoms with Crippen molar-refractivity contribution in [1.29, 1.82) is 0 Å². The van der Waals surface area contributed by atoms with Crippen LogP contribution in [0.15, 0.2) is 18.2 Å². The summed E-state index contributed by atoms with van der Waals surface area (Å²) in [4.78, 5) is 12.0. The van der Waals surface area contributed by atoms with Gasteiger partial charge in [0, 0.05) is 12.2 Å². The number of anilines is 1. The van der Waals surface area contributed by atoms with Gasteiger partial charge in [-0.05, 0) is 25.1 Å². The standard InChI is InChI=1S/C9H9ClFNO/c1-2-12(6-13)7-3-4-9(11)8(10)5-7/h3-6H,2H2,1H3. The van der Waals surface area contributed by atoms with Crippen molar-refractivity contribution in [3.05, 3.63) is 29.0 Å². The van der Waals surface area contributed by atoms with Crippen molar-refractivity contribution >= 4 is 23.7 Å². The van der Waals surface area contributed by atoms with Gasteiger partial charge >= 0.3 is 0 Å². The summed E-state index contributed by atoms with van der Waals surface area (Å²) >= 11 is 5.55. The molecular weight excluding hydrogens is 193 g/mol. The third kappa shape index (κ3) is 2.18. The smallest absolute Gasteiger partial charge is 0.214 e. The summed E-state index contributed by atoms with van der Waals surface area (Å²) in [5.41, 5.74) is 0.601. The molecule has 1 amide bonds. The zero-order valence-corrected chi connectivity index (χ0v) is 7.88. The number of hydrogen-bond donors (Lipinski definition) is 0. The van der Waals surface area contributed by atoms with E-state index >= 15 is 0 Å². The number of benzene rings is 1. The molecular formula is C9H9ClFNO. The largest absolute Gasteiger partial charge is 0.315 e. The third-order valence-electron chi connectivity index (χ3n) is 1.70. The Labute approximate surface area is 80.9 Å². The van der Waals surface area contributed by atoms with E-state index in [1.54, 1.807) is 0 Å². The predicted molar refractivity (Wildman–Crippen MR) is 50.5 cm³/mol. The Morgan fingerprint density at radius 1 is 1.62 bits per heavy atom. The molecule has 0 atom stereocenters. The minimum atomic E-state index is -0.479. The van der Waals surface area contributed by atoms with E-state index in [9.17, 15) is 9.18 Å². The lowest BCUT2D eigenvalue weighted by atomic mass is 10.3. The topological polar surface area (TPSA) is 20.3 Å². The fourth-order valence-corrected chi connectivity index (χ4v) is 1.16. The van der Waals surface area contributed by atoms with E-state index in [1.165, 1.54) is 23.1 Å². The van der Waals surface area contributed by atoms with Crippen LogP contribution in [-0.4, -0.2) is 13.0 Å². The second-order valence-electron chi connectivity index (χ2n) is 2.49. The molecule has 0 unspecified atom stereocenters. The number of halogens is 2. The highest BCUT2D eigenvalue weighted by Crippen LogP contribution is 2.21. The van der Waals surface area contributed by atoms with Crippen LogP contribution in [0, 0.1) is 5.82 Å². The van der Waals surface area contributed by atoms with Gasteiger partial charge in [0.15, 0.2) is 0 Å². The first-order chi connectivity index (χ1) is 6.19. The van der Waals surface area contributed by atoms with Crippen LogP contribution in [-0.2, 0) is 4.79 Å². The van der Waals surface area contributed by atoms with Gasteiger partial charge in [-0.2, -0.15) is 0 Å². The molecule has 4 heteroatoms. The average molecular weight is 202 g/mol. The highest BCUT2D eigenvalue weighted by Gasteiger charge is 2.05. The van der Waals surface area contributed by atoms with Crippen LogP contribution in [0.4, 0.5) is 10.1 Å². The van der Waals surface area contributed by atoms with E-state index < -0.39 is 5.82 Å². The zero-order chi connectivity index (χ0) is 9.84. The molecule has 0 aromatic heterocycles. The Morgan fingerprint density at radius 3 is 2.77 bits per heavy atom. The van der Waals surface area contributed by atoms with Crippen LogP contribution in [0.5, 0.6) is 0 Å². The van der Waals surface area contributed by atoms with Gasteiger partial charge in [0.2, 0.25) is 6.41 Å². The highest BCUT2D eigenvalue weighted by molar-refractivity contribution is 6.31. The number of amides is 1. The SMILES string of the molecule is CCN(C=O)c1ccc(F)c(Cl)c1. The molecule has 0 radical (unpaired) electrons. The van der Waals surface area contributed by atoms with E-state index in [2.05, 4.69) is 0 Å². The molecule has 1 aromatic carbocycles. The van der Waals surface area contributed by atoms with Crippen LogP contribution in [0.2, 0.25) is 5.02 Å². The predicted octanol–water partition coefficient (Wildman–Crippen LogP) is 2.46. The van der Waals surface area contributed by atoms with Crippen molar-refractivity contribution in [2.45, 2.75) is 6.92 Å². The molecule has 13 heavy (non-hydrogen) atoms. The Hall–Kier alpha value is -1.09. The maximum absolute atomic E-state index is 12.7. The first-order valence-electron chi connectivity index (χ1n) is 3.86. The second-order valence-corrected chi connectivity index (χ2v) is 2.90. The van der Waals surface area contributed by atoms with Crippen molar-refractivity contribution in [2.75, 3.05) is 11.4 Å². The first kappa shape index (κ1) is 9.99. The normalized spacial score (nSPS) is 9.77. The molecule has 0 spiro atoms. The summed E-state index contributed by atoms with van der Waals surface area (Å²) < 4.78 is 12.7. The van der Waals surface area contributed by atoms with Gasteiger partial charge in [-0.15, -0.1) is 0 Å². The van der Waals surface area contributed by atoms with Gasteiger partial charge < -0.3 is 4.90 Å². The first-order valence-corrected chi connectivity index (χ1v) is 4.23. The maximum Gasteiger partial charge on any atom is 0.214 e. The molecule has 1 aromatic rings. The molecule has 0 heterocycles. The molecule has 0 fully saturated rings. The second kappa shape index (κ2) is 4.23. The van der Waals surface area contributed by atoms with Crippen LogP contribution >= 0.6 is 11.6 Å². The lowest BCUT2D eigenvalue weighted by Crippen LogP contribution is -2.19. The van der Waals surface area contributed by atoms with E-state index in [1.807, 2.05) is 6.92 Å². The van der Waals surface area contributed by atoms with Crippen molar-refractivity contribution in [2.24, 2.45) is 0 Å². The Bertz CT molecular complexity index is 316. The van der Waals surface area contributed by atoms with Gasteiger partial charge in [0.25, 0.3) is 0 Å². The summed E-state index contributed by atoms with van der Waals surface area (Å²) in [6.07, 6.45) is 0.684. The number of rotatable bonds is 3. The number of hydrogen-bond acceptors (Lipinski definition) is 1. The van der Waals surface area contributed by atoms with Gasteiger partial charge in [-0.25, -0.2) is 4.39 Å². The summed E-state index contributed by atoms with van der Waals surface area (Å²) in [5, 5.41) is 0.0257. The Balaban J connectivity index is 3.01. The monoisotopic (exact) mass is 201 g/mol. The van der Waals surface area contributed by atoms with E-state index in [-0.39, 0.29) is 5.02 Å². The molecule has 0 N–H and O–H groups in total. The fourth-order valence-electron chi connectivity index (χ4n) is 0.982. The van der Waals surface area contributed by atoms with E-state index in [0.29, 0.717) is 18.6 Å². The zero-order valence-electron chi connectivity index (χ0n) is 7.13. The van der Waals surface area contributed by atoms with Crippen molar-refractivity contribution < 1.29 is 9.18 Å². The van der Waals surface area contributed by atoms with Gasteiger partial charge in [-0.3, -0.25) is 4.79 Å². The highest BCUT2D eigenvalue weighted by atomic mass is 35.5. The summed E-state index contributed by atoms with van der Waals surface area (Å²) in [6, 6.07) is 4.18. The number of carbonyl (C=O) groups excluding carboxylic acids is 1. The van der Waals surface area contributed by atoms with Gasteiger partial charge in [-0.1, -0.05) is 11.6 Å².